The zero-order valence-corrected chi connectivity index (χ0v) is 8.51. The van der Waals surface area contributed by atoms with Gasteiger partial charge in [-0.25, -0.2) is 0 Å². The predicted molar refractivity (Wildman–Crippen MR) is 50.4 cm³/mol. The Morgan fingerprint density at radius 3 is 2.54 bits per heavy atom. The third kappa shape index (κ3) is 1.87. The first-order valence-corrected chi connectivity index (χ1v) is 5.19. The highest BCUT2D eigenvalue weighted by atomic mass is 16.7. The van der Waals surface area contributed by atoms with Gasteiger partial charge in [-0.2, -0.15) is 0 Å². The fourth-order valence-electron chi connectivity index (χ4n) is 2.04. The number of nitrogens with one attached hydrogen (secondary N) is 1. The molecule has 2 aliphatic rings. The second kappa shape index (κ2) is 3.56. The molecule has 0 bridgehead atoms. The summed E-state index contributed by atoms with van der Waals surface area (Å²) >= 11 is 0. The van der Waals surface area contributed by atoms with E-state index in [0.717, 1.165) is 26.3 Å². The van der Waals surface area contributed by atoms with Gasteiger partial charge in [-0.15, -0.1) is 0 Å². The normalized spacial score (nSPS) is 46.6. The van der Waals surface area contributed by atoms with E-state index in [1.165, 1.54) is 6.42 Å². The number of hydrogen-bond acceptors (Lipinski definition) is 3. The second-order valence-corrected chi connectivity index (χ2v) is 4.43. The number of ether oxygens (including phenoxy) is 2. The molecule has 0 aromatic heterocycles. The maximum atomic E-state index is 5.80. The van der Waals surface area contributed by atoms with E-state index in [4.69, 9.17) is 9.47 Å². The van der Waals surface area contributed by atoms with Crippen LogP contribution in [0.25, 0.3) is 0 Å². The van der Waals surface area contributed by atoms with Crippen molar-refractivity contribution < 1.29 is 9.47 Å². The van der Waals surface area contributed by atoms with Gasteiger partial charge < -0.3 is 14.8 Å². The molecule has 0 aliphatic carbocycles. The molecule has 1 unspecified atom stereocenters. The molecule has 76 valence electrons. The van der Waals surface area contributed by atoms with Crippen molar-refractivity contribution in [3.05, 3.63) is 0 Å². The van der Waals surface area contributed by atoms with Crippen molar-refractivity contribution in [1.82, 2.24) is 5.32 Å². The molecule has 0 aromatic rings. The van der Waals surface area contributed by atoms with Crippen LogP contribution in [0.1, 0.15) is 20.3 Å². The lowest BCUT2D eigenvalue weighted by molar-refractivity contribution is -0.293. The van der Waals surface area contributed by atoms with Crippen molar-refractivity contribution in [3.8, 4) is 0 Å². The van der Waals surface area contributed by atoms with Crippen LogP contribution < -0.4 is 5.32 Å². The van der Waals surface area contributed by atoms with Gasteiger partial charge in [-0.3, -0.25) is 0 Å². The van der Waals surface area contributed by atoms with Crippen molar-refractivity contribution in [2.75, 3.05) is 26.3 Å². The van der Waals surface area contributed by atoms with E-state index in [-0.39, 0.29) is 5.79 Å². The highest BCUT2D eigenvalue weighted by Gasteiger charge is 2.40. The minimum absolute atomic E-state index is 0.323. The van der Waals surface area contributed by atoms with Gasteiger partial charge in [0.25, 0.3) is 0 Å². The minimum Gasteiger partial charge on any atom is -0.350 e. The average Bonchev–Trinajstić information content (AvgIpc) is 2.63. The Labute approximate surface area is 79.8 Å². The Bertz CT molecular complexity index is 170. The maximum Gasteiger partial charge on any atom is 0.169 e. The first kappa shape index (κ1) is 9.44. The van der Waals surface area contributed by atoms with Crippen molar-refractivity contribution in [3.63, 3.8) is 0 Å². The van der Waals surface area contributed by atoms with Crippen LogP contribution in [0.2, 0.25) is 0 Å². The monoisotopic (exact) mass is 185 g/mol. The standard InChI is InChI=1S/C10H19NO2/c1-8-6-12-10(2,13-7-8)9-3-4-11-5-9/h8-9,11H,3-7H2,1-2H3. The number of rotatable bonds is 1. The zero-order valence-electron chi connectivity index (χ0n) is 8.51. The van der Waals surface area contributed by atoms with E-state index in [1.54, 1.807) is 0 Å². The second-order valence-electron chi connectivity index (χ2n) is 4.43. The van der Waals surface area contributed by atoms with Gasteiger partial charge in [0.1, 0.15) is 0 Å². The maximum absolute atomic E-state index is 5.80. The van der Waals surface area contributed by atoms with E-state index in [1.807, 2.05) is 0 Å². The number of hydrogen-bond donors (Lipinski definition) is 1. The summed E-state index contributed by atoms with van der Waals surface area (Å²) in [6, 6.07) is 0. The van der Waals surface area contributed by atoms with Crippen molar-refractivity contribution in [2.24, 2.45) is 11.8 Å². The highest BCUT2D eigenvalue weighted by molar-refractivity contribution is 4.84. The molecule has 13 heavy (non-hydrogen) atoms. The summed E-state index contributed by atoms with van der Waals surface area (Å²) in [7, 11) is 0. The van der Waals surface area contributed by atoms with Crippen LogP contribution in [0.4, 0.5) is 0 Å². The fourth-order valence-corrected chi connectivity index (χ4v) is 2.04. The molecule has 2 fully saturated rings. The quantitative estimate of drug-likeness (QED) is 0.661. The zero-order chi connectivity index (χ0) is 9.31. The van der Waals surface area contributed by atoms with Crippen LogP contribution in [0.3, 0.4) is 0 Å². The van der Waals surface area contributed by atoms with Crippen LogP contribution in [0.15, 0.2) is 0 Å². The summed E-state index contributed by atoms with van der Waals surface area (Å²) in [4.78, 5) is 0. The molecule has 0 saturated carbocycles. The SMILES string of the molecule is CC1COC(C)(C2CCNC2)OC1. The van der Waals surface area contributed by atoms with E-state index >= 15 is 0 Å². The largest absolute Gasteiger partial charge is 0.350 e. The third-order valence-corrected chi connectivity index (χ3v) is 3.11. The van der Waals surface area contributed by atoms with Crippen molar-refractivity contribution in [2.45, 2.75) is 26.1 Å². The molecular weight excluding hydrogens is 166 g/mol. The lowest BCUT2D eigenvalue weighted by Crippen LogP contribution is -2.47. The van der Waals surface area contributed by atoms with Crippen LogP contribution in [-0.2, 0) is 9.47 Å². The summed E-state index contributed by atoms with van der Waals surface area (Å²) in [6.45, 7) is 8.05. The van der Waals surface area contributed by atoms with Crippen LogP contribution >= 0.6 is 0 Å². The van der Waals surface area contributed by atoms with E-state index in [9.17, 15) is 0 Å². The molecule has 0 spiro atoms. The molecule has 2 heterocycles. The first-order chi connectivity index (χ1) is 6.21. The van der Waals surface area contributed by atoms with Crippen LogP contribution in [0.5, 0.6) is 0 Å². The molecule has 1 atom stereocenters. The summed E-state index contributed by atoms with van der Waals surface area (Å²) < 4.78 is 11.6. The molecule has 1 N–H and O–H groups in total. The molecule has 2 aliphatic heterocycles. The smallest absolute Gasteiger partial charge is 0.169 e. The molecule has 0 amide bonds. The highest BCUT2D eigenvalue weighted by Crippen LogP contribution is 2.32. The van der Waals surface area contributed by atoms with Crippen LogP contribution in [-0.4, -0.2) is 32.1 Å². The van der Waals surface area contributed by atoms with E-state index in [0.29, 0.717) is 11.8 Å². The van der Waals surface area contributed by atoms with Gasteiger partial charge in [0.05, 0.1) is 13.2 Å². The van der Waals surface area contributed by atoms with Crippen molar-refractivity contribution >= 4 is 0 Å². The molecular formula is C10H19NO2. The van der Waals surface area contributed by atoms with Crippen LogP contribution in [0, 0.1) is 11.8 Å². The lowest BCUT2D eigenvalue weighted by Gasteiger charge is -2.40. The Kier molecular flexibility index (Phi) is 2.58. The molecule has 0 radical (unpaired) electrons. The minimum atomic E-state index is -0.323. The van der Waals surface area contributed by atoms with E-state index < -0.39 is 0 Å². The molecule has 3 heteroatoms. The molecule has 0 aromatic carbocycles. The third-order valence-electron chi connectivity index (χ3n) is 3.11. The van der Waals surface area contributed by atoms with Gasteiger partial charge in [-0.1, -0.05) is 6.92 Å². The average molecular weight is 185 g/mol. The Morgan fingerprint density at radius 2 is 2.00 bits per heavy atom. The molecule has 3 nitrogen and oxygen atoms in total. The molecule has 2 saturated heterocycles. The first-order valence-electron chi connectivity index (χ1n) is 5.19. The Balaban J connectivity index is 1.95. The predicted octanol–water partition coefficient (Wildman–Crippen LogP) is 0.995. The van der Waals surface area contributed by atoms with Crippen molar-refractivity contribution in [1.29, 1.82) is 0 Å². The fraction of sp³-hybridized carbons (Fsp3) is 1.00. The molecule has 2 rings (SSSR count). The summed E-state index contributed by atoms with van der Waals surface area (Å²) in [5.41, 5.74) is 0. The van der Waals surface area contributed by atoms with Gasteiger partial charge in [-0.05, 0) is 19.9 Å². The lowest BCUT2D eigenvalue weighted by atomic mass is 9.97. The van der Waals surface area contributed by atoms with Gasteiger partial charge in [0.15, 0.2) is 5.79 Å². The van der Waals surface area contributed by atoms with Gasteiger partial charge >= 0.3 is 0 Å². The Morgan fingerprint density at radius 1 is 1.31 bits per heavy atom. The Hall–Kier alpha value is -0.120. The van der Waals surface area contributed by atoms with Gasteiger partial charge in [0, 0.05) is 18.4 Å². The topological polar surface area (TPSA) is 30.5 Å². The summed E-state index contributed by atoms with van der Waals surface area (Å²) in [6.07, 6.45) is 1.17. The summed E-state index contributed by atoms with van der Waals surface area (Å²) in [5.74, 6) is 0.748. The summed E-state index contributed by atoms with van der Waals surface area (Å²) in [5, 5.41) is 3.35. The van der Waals surface area contributed by atoms with E-state index in [2.05, 4.69) is 19.2 Å². The van der Waals surface area contributed by atoms with Gasteiger partial charge in [0.2, 0.25) is 0 Å².